The number of rotatable bonds is 3. The van der Waals surface area contributed by atoms with Gasteiger partial charge in [-0.25, -0.2) is 13.1 Å². The van der Waals surface area contributed by atoms with Gasteiger partial charge in [0.1, 0.15) is 0 Å². The summed E-state index contributed by atoms with van der Waals surface area (Å²) in [7, 11) is -3.42. The van der Waals surface area contributed by atoms with Crippen molar-refractivity contribution < 1.29 is 8.42 Å². The summed E-state index contributed by atoms with van der Waals surface area (Å²) in [5, 5.41) is 0. The van der Waals surface area contributed by atoms with Crippen molar-refractivity contribution >= 4 is 15.7 Å². The summed E-state index contributed by atoms with van der Waals surface area (Å²) >= 11 is 0. The van der Waals surface area contributed by atoms with Gasteiger partial charge < -0.3 is 5.73 Å². The van der Waals surface area contributed by atoms with Crippen LogP contribution in [0.5, 0.6) is 0 Å². The van der Waals surface area contributed by atoms with Crippen LogP contribution in [0.25, 0.3) is 0 Å². The van der Waals surface area contributed by atoms with Gasteiger partial charge in [-0.15, -0.1) is 0 Å². The number of nitrogens with one attached hydrogen (secondary N) is 1. The largest absolute Gasteiger partial charge is 0.399 e. The van der Waals surface area contributed by atoms with E-state index in [4.69, 9.17) is 5.73 Å². The topological polar surface area (TPSA) is 72.2 Å². The Morgan fingerprint density at radius 2 is 2.06 bits per heavy atom. The molecule has 3 N–H and O–H groups in total. The van der Waals surface area contributed by atoms with Crippen molar-refractivity contribution in [3.8, 4) is 0 Å². The number of benzene rings is 1. The van der Waals surface area contributed by atoms with Crippen molar-refractivity contribution in [2.75, 3.05) is 5.73 Å². The molecule has 0 saturated heterocycles. The molecule has 2 saturated carbocycles. The molecule has 0 heterocycles. The standard InChI is InChI=1S/C13H18N2O2S/c14-11-2-1-3-12(8-11)18(16,17)15-13-7-9-4-5-10(13)6-9/h1-3,8-10,13,15H,4-7,14H2. The summed E-state index contributed by atoms with van der Waals surface area (Å²) in [6.45, 7) is 0. The molecule has 3 unspecified atom stereocenters. The minimum Gasteiger partial charge on any atom is -0.399 e. The Hall–Kier alpha value is -1.07. The number of nitrogen functional groups attached to an aromatic ring is 1. The van der Waals surface area contributed by atoms with E-state index < -0.39 is 10.0 Å². The monoisotopic (exact) mass is 266 g/mol. The summed E-state index contributed by atoms with van der Waals surface area (Å²) in [4.78, 5) is 0.269. The molecule has 2 bridgehead atoms. The van der Waals surface area contributed by atoms with Crippen LogP contribution in [-0.4, -0.2) is 14.5 Å². The molecule has 0 amide bonds. The maximum Gasteiger partial charge on any atom is 0.240 e. The molecule has 98 valence electrons. The number of fused-ring (bicyclic) bond motifs is 2. The zero-order valence-electron chi connectivity index (χ0n) is 10.2. The van der Waals surface area contributed by atoms with Crippen molar-refractivity contribution in [1.29, 1.82) is 0 Å². The molecule has 0 radical (unpaired) electrons. The fourth-order valence-electron chi connectivity index (χ4n) is 3.34. The third-order valence-corrected chi connectivity index (χ3v) is 5.70. The lowest BCUT2D eigenvalue weighted by Crippen LogP contribution is -2.38. The fourth-order valence-corrected chi connectivity index (χ4v) is 4.71. The second-order valence-corrected chi connectivity index (χ2v) is 7.19. The van der Waals surface area contributed by atoms with Crippen molar-refractivity contribution in [2.24, 2.45) is 11.8 Å². The van der Waals surface area contributed by atoms with Gasteiger partial charge in [0, 0.05) is 11.7 Å². The van der Waals surface area contributed by atoms with E-state index in [0.717, 1.165) is 18.8 Å². The molecule has 18 heavy (non-hydrogen) atoms. The Bertz CT molecular complexity index is 556. The molecule has 2 aliphatic rings. The van der Waals surface area contributed by atoms with Gasteiger partial charge in [0.05, 0.1) is 4.90 Å². The second kappa shape index (κ2) is 4.24. The Kier molecular flexibility index (Phi) is 2.83. The number of sulfonamides is 1. The first-order valence-electron chi connectivity index (χ1n) is 6.42. The van der Waals surface area contributed by atoms with Crippen LogP contribution < -0.4 is 10.5 Å². The van der Waals surface area contributed by atoms with Gasteiger partial charge in [-0.3, -0.25) is 0 Å². The number of anilines is 1. The Morgan fingerprint density at radius 1 is 1.22 bits per heavy atom. The molecule has 5 heteroatoms. The zero-order valence-corrected chi connectivity index (χ0v) is 11.0. The SMILES string of the molecule is Nc1cccc(S(=O)(=O)NC2CC3CCC2C3)c1. The van der Waals surface area contributed by atoms with Gasteiger partial charge in [0.25, 0.3) is 0 Å². The molecule has 2 aliphatic carbocycles. The highest BCUT2D eigenvalue weighted by molar-refractivity contribution is 7.89. The third kappa shape index (κ3) is 2.12. The average Bonchev–Trinajstić information content (AvgIpc) is 2.90. The van der Waals surface area contributed by atoms with E-state index in [9.17, 15) is 8.42 Å². The maximum absolute atomic E-state index is 12.3. The molecule has 0 aliphatic heterocycles. The predicted octanol–water partition coefficient (Wildman–Crippen LogP) is 1.74. The van der Waals surface area contributed by atoms with Crippen LogP contribution in [-0.2, 0) is 10.0 Å². The molecule has 3 rings (SSSR count). The van der Waals surface area contributed by atoms with Gasteiger partial charge in [0.2, 0.25) is 10.0 Å². The number of nitrogens with two attached hydrogens (primary N) is 1. The summed E-state index contributed by atoms with van der Waals surface area (Å²) in [6, 6.07) is 6.58. The molecule has 3 atom stereocenters. The molecule has 4 nitrogen and oxygen atoms in total. The summed E-state index contributed by atoms with van der Waals surface area (Å²) in [6.07, 6.45) is 4.60. The highest BCUT2D eigenvalue weighted by Crippen LogP contribution is 2.44. The van der Waals surface area contributed by atoms with Gasteiger partial charge in [-0.2, -0.15) is 0 Å². The van der Waals surface area contributed by atoms with E-state index in [1.807, 2.05) is 0 Å². The van der Waals surface area contributed by atoms with Crippen molar-refractivity contribution in [1.82, 2.24) is 4.72 Å². The number of hydrogen-bond acceptors (Lipinski definition) is 3. The van der Waals surface area contributed by atoms with Crippen LogP contribution in [0.4, 0.5) is 5.69 Å². The average molecular weight is 266 g/mol. The van der Waals surface area contributed by atoms with E-state index in [0.29, 0.717) is 11.6 Å². The van der Waals surface area contributed by atoms with E-state index in [2.05, 4.69) is 4.72 Å². The lowest BCUT2D eigenvalue weighted by Gasteiger charge is -2.22. The van der Waals surface area contributed by atoms with Crippen LogP contribution >= 0.6 is 0 Å². The Morgan fingerprint density at radius 3 is 2.67 bits per heavy atom. The first kappa shape index (κ1) is 12.0. The molecule has 1 aromatic rings. The molecule has 2 fully saturated rings. The van der Waals surface area contributed by atoms with Crippen LogP contribution in [0.2, 0.25) is 0 Å². The van der Waals surface area contributed by atoms with E-state index in [-0.39, 0.29) is 10.9 Å². The molecule has 0 aromatic heterocycles. The minimum atomic E-state index is -3.42. The molecular weight excluding hydrogens is 248 g/mol. The quantitative estimate of drug-likeness (QED) is 0.818. The zero-order chi connectivity index (χ0) is 12.8. The van der Waals surface area contributed by atoms with E-state index in [1.165, 1.54) is 18.9 Å². The van der Waals surface area contributed by atoms with Gasteiger partial charge in [-0.1, -0.05) is 12.5 Å². The minimum absolute atomic E-state index is 0.121. The number of hydrogen-bond donors (Lipinski definition) is 2. The van der Waals surface area contributed by atoms with Gasteiger partial charge in [-0.05, 0) is 49.3 Å². The second-order valence-electron chi connectivity index (χ2n) is 5.48. The smallest absolute Gasteiger partial charge is 0.240 e. The lowest BCUT2D eigenvalue weighted by molar-refractivity contribution is 0.390. The highest BCUT2D eigenvalue weighted by Gasteiger charge is 2.41. The maximum atomic E-state index is 12.3. The Balaban J connectivity index is 1.79. The summed E-state index contributed by atoms with van der Waals surface area (Å²) in [5.41, 5.74) is 6.11. The first-order valence-corrected chi connectivity index (χ1v) is 7.91. The van der Waals surface area contributed by atoms with Crippen molar-refractivity contribution in [3.63, 3.8) is 0 Å². The normalized spacial score (nSPS) is 30.8. The fraction of sp³-hybridized carbons (Fsp3) is 0.538. The van der Waals surface area contributed by atoms with Crippen LogP contribution in [0.15, 0.2) is 29.2 Å². The molecule has 0 spiro atoms. The van der Waals surface area contributed by atoms with E-state index >= 15 is 0 Å². The molecule has 1 aromatic carbocycles. The lowest BCUT2D eigenvalue weighted by atomic mass is 9.96. The molecular formula is C13H18N2O2S. The van der Waals surface area contributed by atoms with Crippen LogP contribution in [0.3, 0.4) is 0 Å². The van der Waals surface area contributed by atoms with Gasteiger partial charge >= 0.3 is 0 Å². The summed E-state index contributed by atoms with van der Waals surface area (Å²) in [5.74, 6) is 1.26. The van der Waals surface area contributed by atoms with Crippen LogP contribution in [0.1, 0.15) is 25.7 Å². The van der Waals surface area contributed by atoms with E-state index in [1.54, 1.807) is 18.2 Å². The van der Waals surface area contributed by atoms with Gasteiger partial charge in [0.15, 0.2) is 0 Å². The third-order valence-electron chi connectivity index (χ3n) is 4.21. The van der Waals surface area contributed by atoms with Crippen molar-refractivity contribution in [3.05, 3.63) is 24.3 Å². The first-order chi connectivity index (χ1) is 8.54. The highest BCUT2D eigenvalue weighted by atomic mass is 32.2. The summed E-state index contributed by atoms with van der Waals surface area (Å²) < 4.78 is 27.3. The predicted molar refractivity (Wildman–Crippen MR) is 70.4 cm³/mol. The van der Waals surface area contributed by atoms with Crippen molar-refractivity contribution in [2.45, 2.75) is 36.6 Å². The Labute approximate surface area is 108 Å². The van der Waals surface area contributed by atoms with Crippen LogP contribution in [0, 0.1) is 11.8 Å².